The number of amides is 1. The average molecular weight is 286 g/mol. The van der Waals surface area contributed by atoms with Crippen molar-refractivity contribution < 1.29 is 9.72 Å². The summed E-state index contributed by atoms with van der Waals surface area (Å²) in [5.41, 5.74) is 5.51. The molecule has 0 radical (unpaired) electrons. The number of nitro benzene ring substituents is 1. The highest BCUT2D eigenvalue weighted by Crippen LogP contribution is 2.27. The molecule has 1 unspecified atom stereocenters. The summed E-state index contributed by atoms with van der Waals surface area (Å²) in [4.78, 5) is 21.9. The number of benzene rings is 1. The molecular weight excluding hydrogens is 270 g/mol. The van der Waals surface area contributed by atoms with Crippen molar-refractivity contribution in [2.24, 2.45) is 5.73 Å². The molecule has 0 fully saturated rings. The lowest BCUT2D eigenvalue weighted by Crippen LogP contribution is -2.17. The molecule has 0 aliphatic heterocycles. The lowest BCUT2D eigenvalue weighted by atomic mass is 10.1. The number of hydrogen-bond acceptors (Lipinski definition) is 4. The van der Waals surface area contributed by atoms with Crippen molar-refractivity contribution >= 4 is 28.9 Å². The number of anilines is 1. The number of rotatable bonds is 6. The molecule has 0 spiro atoms. The second-order valence-corrected chi connectivity index (χ2v) is 4.77. The van der Waals surface area contributed by atoms with E-state index in [0.29, 0.717) is 11.4 Å². The van der Waals surface area contributed by atoms with Crippen LogP contribution in [0.4, 0.5) is 11.4 Å². The Morgan fingerprint density at radius 3 is 2.84 bits per heavy atom. The molecule has 1 amide bonds. The van der Waals surface area contributed by atoms with E-state index in [4.69, 9.17) is 17.3 Å². The minimum absolute atomic E-state index is 0.0355. The third-order valence-corrected chi connectivity index (χ3v) is 2.73. The van der Waals surface area contributed by atoms with Crippen molar-refractivity contribution in [2.45, 2.75) is 32.2 Å². The molecule has 0 aromatic heterocycles. The lowest BCUT2D eigenvalue weighted by Gasteiger charge is -2.07. The van der Waals surface area contributed by atoms with E-state index in [1.54, 1.807) is 0 Å². The summed E-state index contributed by atoms with van der Waals surface area (Å²) in [6.07, 6.45) is 1.63. The van der Waals surface area contributed by atoms with Crippen molar-refractivity contribution in [3.8, 4) is 0 Å². The number of hydrogen-bond donors (Lipinski definition) is 2. The third kappa shape index (κ3) is 5.23. The van der Waals surface area contributed by atoms with Crippen LogP contribution in [0.3, 0.4) is 0 Å². The first kappa shape index (κ1) is 15.4. The third-order valence-electron chi connectivity index (χ3n) is 2.49. The van der Waals surface area contributed by atoms with Crippen molar-refractivity contribution in [3.63, 3.8) is 0 Å². The Balaban J connectivity index is 2.67. The number of nitro groups is 1. The van der Waals surface area contributed by atoms with Crippen LogP contribution in [0.1, 0.15) is 26.2 Å². The van der Waals surface area contributed by atoms with Crippen LogP contribution in [0.5, 0.6) is 0 Å². The van der Waals surface area contributed by atoms with Gasteiger partial charge in [0.15, 0.2) is 0 Å². The number of nitrogens with zero attached hydrogens (tertiary/aromatic N) is 1. The van der Waals surface area contributed by atoms with E-state index in [0.717, 1.165) is 6.42 Å². The average Bonchev–Trinajstić information content (AvgIpc) is 2.27. The number of carbonyl (C=O) groups is 1. The summed E-state index contributed by atoms with van der Waals surface area (Å²) in [7, 11) is 0. The Bertz CT molecular complexity index is 477. The normalized spacial score (nSPS) is 11.9. The SMILES string of the molecule is CC(N)CCCC(=O)Nc1cc(Cl)ccc1[N+](=O)[O-]. The summed E-state index contributed by atoms with van der Waals surface area (Å²) in [5.74, 6) is -0.286. The largest absolute Gasteiger partial charge is 0.328 e. The predicted molar refractivity (Wildman–Crippen MR) is 74.2 cm³/mol. The summed E-state index contributed by atoms with van der Waals surface area (Å²) >= 11 is 5.76. The van der Waals surface area contributed by atoms with E-state index in [1.165, 1.54) is 18.2 Å². The topological polar surface area (TPSA) is 98.3 Å². The van der Waals surface area contributed by atoms with Crippen molar-refractivity contribution in [1.29, 1.82) is 0 Å². The molecule has 0 saturated heterocycles. The van der Waals surface area contributed by atoms with Gasteiger partial charge in [-0.3, -0.25) is 14.9 Å². The number of nitrogens with two attached hydrogens (primary N) is 1. The van der Waals surface area contributed by atoms with Gasteiger partial charge < -0.3 is 11.1 Å². The Kier molecular flexibility index (Phi) is 5.72. The van der Waals surface area contributed by atoms with Crippen LogP contribution in [-0.2, 0) is 4.79 Å². The fourth-order valence-electron chi connectivity index (χ4n) is 1.56. The van der Waals surface area contributed by atoms with Crippen LogP contribution < -0.4 is 11.1 Å². The highest BCUT2D eigenvalue weighted by atomic mass is 35.5. The van der Waals surface area contributed by atoms with Gasteiger partial charge in [0.2, 0.25) is 5.91 Å². The van der Waals surface area contributed by atoms with Crippen molar-refractivity contribution in [1.82, 2.24) is 0 Å². The van der Waals surface area contributed by atoms with Gasteiger partial charge in [0, 0.05) is 23.6 Å². The van der Waals surface area contributed by atoms with Gasteiger partial charge >= 0.3 is 0 Å². The van der Waals surface area contributed by atoms with Crippen LogP contribution >= 0.6 is 11.6 Å². The first-order valence-corrected chi connectivity index (χ1v) is 6.27. The van der Waals surface area contributed by atoms with Crippen LogP contribution in [0.15, 0.2) is 18.2 Å². The summed E-state index contributed by atoms with van der Waals surface area (Å²) < 4.78 is 0. The molecule has 1 atom stereocenters. The Labute approximate surface area is 116 Å². The first-order valence-electron chi connectivity index (χ1n) is 5.89. The fraction of sp³-hybridized carbons (Fsp3) is 0.417. The monoisotopic (exact) mass is 285 g/mol. The van der Waals surface area contributed by atoms with E-state index >= 15 is 0 Å². The molecule has 6 nitrogen and oxygen atoms in total. The zero-order chi connectivity index (χ0) is 14.4. The molecule has 19 heavy (non-hydrogen) atoms. The standard InChI is InChI=1S/C12H16ClN3O3/c1-8(14)3-2-4-12(17)15-10-7-9(13)5-6-11(10)16(18)19/h5-8H,2-4,14H2,1H3,(H,15,17). The van der Waals surface area contributed by atoms with Gasteiger partial charge in [0.05, 0.1) is 4.92 Å². The van der Waals surface area contributed by atoms with Gasteiger partial charge in [0.1, 0.15) is 5.69 Å². The second kappa shape index (κ2) is 7.06. The molecule has 104 valence electrons. The molecule has 0 saturated carbocycles. The van der Waals surface area contributed by atoms with E-state index in [2.05, 4.69) is 5.32 Å². The minimum Gasteiger partial charge on any atom is -0.328 e. The highest BCUT2D eigenvalue weighted by Gasteiger charge is 2.16. The highest BCUT2D eigenvalue weighted by molar-refractivity contribution is 6.31. The molecule has 7 heteroatoms. The molecule has 1 rings (SSSR count). The maximum absolute atomic E-state index is 11.7. The first-order chi connectivity index (χ1) is 8.90. The maximum atomic E-state index is 11.7. The zero-order valence-corrected chi connectivity index (χ0v) is 11.3. The van der Waals surface area contributed by atoms with E-state index in [-0.39, 0.29) is 29.7 Å². The molecule has 0 bridgehead atoms. The number of nitrogens with one attached hydrogen (secondary N) is 1. The Hall–Kier alpha value is -1.66. The number of halogens is 1. The van der Waals surface area contributed by atoms with Gasteiger partial charge in [-0.25, -0.2) is 0 Å². The maximum Gasteiger partial charge on any atom is 0.292 e. The molecule has 1 aromatic carbocycles. The molecule has 0 heterocycles. The van der Waals surface area contributed by atoms with Gasteiger partial charge in [0.25, 0.3) is 5.69 Å². The van der Waals surface area contributed by atoms with E-state index in [9.17, 15) is 14.9 Å². The van der Waals surface area contributed by atoms with Crippen molar-refractivity contribution in [2.75, 3.05) is 5.32 Å². The van der Waals surface area contributed by atoms with Crippen LogP contribution in [0.25, 0.3) is 0 Å². The van der Waals surface area contributed by atoms with E-state index in [1.807, 2.05) is 6.92 Å². The van der Waals surface area contributed by atoms with Gasteiger partial charge in [-0.05, 0) is 31.9 Å². The second-order valence-electron chi connectivity index (χ2n) is 4.34. The fourth-order valence-corrected chi connectivity index (χ4v) is 1.74. The Morgan fingerprint density at radius 2 is 2.26 bits per heavy atom. The quantitative estimate of drug-likeness (QED) is 0.620. The molecule has 0 aliphatic rings. The van der Waals surface area contributed by atoms with Gasteiger partial charge in [-0.15, -0.1) is 0 Å². The zero-order valence-electron chi connectivity index (χ0n) is 10.6. The Morgan fingerprint density at radius 1 is 1.58 bits per heavy atom. The van der Waals surface area contributed by atoms with Crippen molar-refractivity contribution in [3.05, 3.63) is 33.3 Å². The predicted octanol–water partition coefficient (Wildman–Crippen LogP) is 2.70. The van der Waals surface area contributed by atoms with Gasteiger partial charge in [-0.2, -0.15) is 0 Å². The minimum atomic E-state index is -0.562. The summed E-state index contributed by atoms with van der Waals surface area (Å²) in [6.45, 7) is 1.86. The molecule has 1 aromatic rings. The molecule has 0 aliphatic carbocycles. The smallest absolute Gasteiger partial charge is 0.292 e. The molecule has 3 N–H and O–H groups in total. The summed E-state index contributed by atoms with van der Waals surface area (Å²) in [5, 5.41) is 13.6. The van der Waals surface area contributed by atoms with Gasteiger partial charge in [-0.1, -0.05) is 11.6 Å². The lowest BCUT2D eigenvalue weighted by molar-refractivity contribution is -0.383. The molecular formula is C12H16ClN3O3. The number of carbonyl (C=O) groups excluding carboxylic acids is 1. The van der Waals surface area contributed by atoms with Crippen LogP contribution in [0.2, 0.25) is 5.02 Å². The van der Waals surface area contributed by atoms with Crippen LogP contribution in [-0.4, -0.2) is 16.9 Å². The summed E-state index contributed by atoms with van der Waals surface area (Å²) in [6, 6.07) is 4.07. The van der Waals surface area contributed by atoms with E-state index < -0.39 is 4.92 Å². The van der Waals surface area contributed by atoms with Crippen LogP contribution in [0, 0.1) is 10.1 Å².